The number of hydrogen-bond donors (Lipinski definition) is 1. The Kier molecular flexibility index (Phi) is 3.91. The van der Waals surface area contributed by atoms with Crippen LogP contribution < -0.4 is 10.6 Å². The lowest BCUT2D eigenvalue weighted by molar-refractivity contribution is 0.360. The number of likely N-dealkylation sites (N-methyl/N-ethyl adjacent to an activating group) is 1. The van der Waals surface area contributed by atoms with Crippen LogP contribution in [0.15, 0.2) is 18.2 Å². The van der Waals surface area contributed by atoms with Gasteiger partial charge in [0.1, 0.15) is 10.8 Å². The summed E-state index contributed by atoms with van der Waals surface area (Å²) >= 11 is 4.96. The molecule has 5 heteroatoms. The van der Waals surface area contributed by atoms with Gasteiger partial charge in [0.05, 0.1) is 5.69 Å². The monoisotopic (exact) mass is 250 g/mol. The third kappa shape index (κ3) is 3.14. The van der Waals surface area contributed by atoms with Crippen molar-refractivity contribution in [1.82, 2.24) is 9.88 Å². The Morgan fingerprint density at radius 2 is 2.12 bits per heavy atom. The van der Waals surface area contributed by atoms with E-state index in [1.807, 2.05) is 18.2 Å². The van der Waals surface area contributed by atoms with Gasteiger partial charge in [-0.25, -0.2) is 4.98 Å². The number of pyridine rings is 1. The molecule has 0 amide bonds. The molecule has 1 aliphatic rings. The van der Waals surface area contributed by atoms with Crippen molar-refractivity contribution in [1.29, 1.82) is 0 Å². The number of thiocarbonyl (C=S) groups is 1. The van der Waals surface area contributed by atoms with Crippen LogP contribution in [0.25, 0.3) is 0 Å². The van der Waals surface area contributed by atoms with E-state index >= 15 is 0 Å². The first-order valence-corrected chi connectivity index (χ1v) is 6.28. The van der Waals surface area contributed by atoms with Crippen LogP contribution in [0.2, 0.25) is 0 Å². The third-order valence-corrected chi connectivity index (χ3v) is 3.24. The average molecular weight is 250 g/mol. The zero-order valence-electron chi connectivity index (χ0n) is 10.1. The molecule has 0 aromatic carbocycles. The molecule has 2 heterocycles. The maximum atomic E-state index is 5.61. The number of nitrogens with two attached hydrogens (primary N) is 1. The number of hydrogen-bond acceptors (Lipinski definition) is 4. The van der Waals surface area contributed by atoms with Crippen LogP contribution >= 0.6 is 12.2 Å². The summed E-state index contributed by atoms with van der Waals surface area (Å²) in [5, 5.41) is 0. The summed E-state index contributed by atoms with van der Waals surface area (Å²) in [6.45, 7) is 4.26. The molecule has 2 N–H and O–H groups in total. The highest BCUT2D eigenvalue weighted by Gasteiger charge is 2.13. The highest BCUT2D eigenvalue weighted by molar-refractivity contribution is 7.80. The largest absolute Gasteiger partial charge is 0.388 e. The standard InChI is InChI=1S/C12H18N4S/c1-15-6-3-7-16(9-8-15)11-5-2-4-10(14-11)12(13)17/h2,4-5H,3,6-9H2,1H3,(H2,13,17). The number of aromatic nitrogens is 1. The van der Waals surface area contributed by atoms with Gasteiger partial charge in [-0.1, -0.05) is 18.3 Å². The Morgan fingerprint density at radius 1 is 1.29 bits per heavy atom. The molecule has 4 nitrogen and oxygen atoms in total. The first kappa shape index (κ1) is 12.3. The van der Waals surface area contributed by atoms with Crippen molar-refractivity contribution < 1.29 is 0 Å². The van der Waals surface area contributed by atoms with Crippen molar-refractivity contribution in [2.24, 2.45) is 5.73 Å². The van der Waals surface area contributed by atoms with Gasteiger partial charge in [0.15, 0.2) is 0 Å². The molecule has 1 aromatic heterocycles. The fraction of sp³-hybridized carbons (Fsp3) is 0.500. The highest BCUT2D eigenvalue weighted by Crippen LogP contribution is 2.14. The molecule has 0 spiro atoms. The number of nitrogens with zero attached hydrogens (tertiary/aromatic N) is 3. The van der Waals surface area contributed by atoms with Gasteiger partial charge in [0, 0.05) is 19.6 Å². The summed E-state index contributed by atoms with van der Waals surface area (Å²) in [6, 6.07) is 5.84. The lowest BCUT2D eigenvalue weighted by atomic mass is 10.3. The van der Waals surface area contributed by atoms with Gasteiger partial charge < -0.3 is 15.5 Å². The molecular formula is C12H18N4S. The molecule has 0 unspecified atom stereocenters. The molecular weight excluding hydrogens is 232 g/mol. The Bertz CT molecular complexity index is 407. The van der Waals surface area contributed by atoms with Crippen molar-refractivity contribution in [3.8, 4) is 0 Å². The molecule has 0 saturated carbocycles. The Labute approximate surface area is 107 Å². The maximum absolute atomic E-state index is 5.61. The van der Waals surface area contributed by atoms with Crippen molar-refractivity contribution in [2.45, 2.75) is 6.42 Å². The number of anilines is 1. The van der Waals surface area contributed by atoms with Gasteiger partial charge in [-0.3, -0.25) is 0 Å². The quantitative estimate of drug-likeness (QED) is 0.789. The zero-order chi connectivity index (χ0) is 12.3. The van der Waals surface area contributed by atoms with Gasteiger partial charge in [-0.15, -0.1) is 0 Å². The maximum Gasteiger partial charge on any atom is 0.129 e. The molecule has 92 valence electrons. The van der Waals surface area contributed by atoms with Crippen molar-refractivity contribution in [2.75, 3.05) is 38.1 Å². The Hall–Kier alpha value is -1.20. The Morgan fingerprint density at radius 3 is 2.88 bits per heavy atom. The lowest BCUT2D eigenvalue weighted by Crippen LogP contribution is -2.29. The first-order valence-electron chi connectivity index (χ1n) is 5.87. The third-order valence-electron chi connectivity index (χ3n) is 3.03. The van der Waals surface area contributed by atoms with Crippen LogP contribution in [0, 0.1) is 0 Å². The average Bonchev–Trinajstić information content (AvgIpc) is 2.54. The van der Waals surface area contributed by atoms with Crippen LogP contribution in [-0.2, 0) is 0 Å². The fourth-order valence-electron chi connectivity index (χ4n) is 2.01. The first-order chi connectivity index (χ1) is 8.16. The summed E-state index contributed by atoms with van der Waals surface area (Å²) in [6.07, 6.45) is 1.16. The second-order valence-corrected chi connectivity index (χ2v) is 4.83. The molecule has 1 aromatic rings. The fourth-order valence-corrected chi connectivity index (χ4v) is 2.13. The van der Waals surface area contributed by atoms with Gasteiger partial charge >= 0.3 is 0 Å². The van der Waals surface area contributed by atoms with Crippen LogP contribution in [0.1, 0.15) is 12.1 Å². The number of rotatable bonds is 2. The minimum Gasteiger partial charge on any atom is -0.388 e. The molecule has 1 aliphatic heterocycles. The van der Waals surface area contributed by atoms with Crippen LogP contribution in [0.5, 0.6) is 0 Å². The molecule has 0 atom stereocenters. The van der Waals surface area contributed by atoms with E-state index in [9.17, 15) is 0 Å². The van der Waals surface area contributed by atoms with E-state index in [1.165, 1.54) is 0 Å². The molecule has 1 saturated heterocycles. The van der Waals surface area contributed by atoms with Crippen LogP contribution in [0.4, 0.5) is 5.82 Å². The van der Waals surface area contributed by atoms with E-state index in [0.29, 0.717) is 10.7 Å². The van der Waals surface area contributed by atoms with Gasteiger partial charge in [-0.05, 0) is 32.1 Å². The van der Waals surface area contributed by atoms with E-state index in [2.05, 4.69) is 21.8 Å². The topological polar surface area (TPSA) is 45.4 Å². The summed E-state index contributed by atoms with van der Waals surface area (Å²) in [5.74, 6) is 0.977. The van der Waals surface area contributed by atoms with Crippen LogP contribution in [0.3, 0.4) is 0 Å². The highest BCUT2D eigenvalue weighted by atomic mass is 32.1. The van der Waals surface area contributed by atoms with Gasteiger partial charge in [-0.2, -0.15) is 0 Å². The second kappa shape index (κ2) is 5.42. The summed E-state index contributed by atoms with van der Waals surface area (Å²) in [4.78, 5) is 9.51. The van der Waals surface area contributed by atoms with Crippen molar-refractivity contribution in [3.05, 3.63) is 23.9 Å². The summed E-state index contributed by atoms with van der Waals surface area (Å²) in [7, 11) is 2.16. The molecule has 0 radical (unpaired) electrons. The summed E-state index contributed by atoms with van der Waals surface area (Å²) < 4.78 is 0. The molecule has 2 rings (SSSR count). The predicted octanol–water partition coefficient (Wildman–Crippen LogP) is 0.858. The summed E-state index contributed by atoms with van der Waals surface area (Å²) in [5.41, 5.74) is 6.31. The van der Waals surface area contributed by atoms with Crippen molar-refractivity contribution >= 4 is 23.0 Å². The van der Waals surface area contributed by atoms with E-state index < -0.39 is 0 Å². The van der Waals surface area contributed by atoms with Gasteiger partial charge in [0.25, 0.3) is 0 Å². The molecule has 0 aliphatic carbocycles. The zero-order valence-corrected chi connectivity index (χ0v) is 10.9. The second-order valence-electron chi connectivity index (χ2n) is 4.39. The molecule has 0 bridgehead atoms. The lowest BCUT2D eigenvalue weighted by Gasteiger charge is -2.21. The molecule has 17 heavy (non-hydrogen) atoms. The van der Waals surface area contributed by atoms with E-state index in [4.69, 9.17) is 18.0 Å². The van der Waals surface area contributed by atoms with E-state index in [-0.39, 0.29) is 0 Å². The van der Waals surface area contributed by atoms with Crippen molar-refractivity contribution in [3.63, 3.8) is 0 Å². The normalized spacial score (nSPS) is 17.8. The van der Waals surface area contributed by atoms with Gasteiger partial charge in [0.2, 0.25) is 0 Å². The van der Waals surface area contributed by atoms with E-state index in [0.717, 1.165) is 38.4 Å². The minimum atomic E-state index is 0.360. The van der Waals surface area contributed by atoms with E-state index in [1.54, 1.807) is 0 Å². The SMILES string of the molecule is CN1CCCN(c2cccc(C(N)=S)n2)CC1. The predicted molar refractivity (Wildman–Crippen MR) is 74.5 cm³/mol. The Balaban J connectivity index is 2.15. The smallest absolute Gasteiger partial charge is 0.129 e. The van der Waals surface area contributed by atoms with Crippen LogP contribution in [-0.4, -0.2) is 48.1 Å². The molecule has 1 fully saturated rings. The minimum absolute atomic E-state index is 0.360.